The van der Waals surface area contributed by atoms with Crippen molar-refractivity contribution in [3.05, 3.63) is 41.4 Å². The fourth-order valence-corrected chi connectivity index (χ4v) is 2.48. The number of nitrogens with zero attached hydrogens (tertiary/aromatic N) is 4. The van der Waals surface area contributed by atoms with Crippen LogP contribution >= 0.6 is 15.9 Å². The van der Waals surface area contributed by atoms with Crippen LogP contribution in [-0.4, -0.2) is 26.1 Å². The molecule has 2 aromatic heterocycles. The average Bonchev–Trinajstić information content (AvgIpc) is 2.85. The highest BCUT2D eigenvalue weighted by molar-refractivity contribution is 9.10. The highest BCUT2D eigenvalue weighted by Gasteiger charge is 2.12. The summed E-state index contributed by atoms with van der Waals surface area (Å²) in [5.41, 5.74) is 1.96. The lowest BCUT2D eigenvalue weighted by atomic mass is 10.3. The third kappa shape index (κ3) is 2.08. The molecule has 0 spiro atoms. The number of anilines is 1. The normalized spacial score (nSPS) is 10.8. The minimum atomic E-state index is 0.777. The van der Waals surface area contributed by atoms with Crippen molar-refractivity contribution < 1.29 is 0 Å². The van der Waals surface area contributed by atoms with Crippen molar-refractivity contribution in [3.63, 3.8) is 0 Å². The predicted molar refractivity (Wildman–Crippen MR) is 78.5 cm³/mol. The van der Waals surface area contributed by atoms with E-state index in [1.165, 1.54) is 0 Å². The Morgan fingerprint density at radius 3 is 2.89 bits per heavy atom. The van der Waals surface area contributed by atoms with E-state index in [4.69, 9.17) is 0 Å². The number of imidazole rings is 1. The molecule has 0 aliphatic heterocycles. The molecule has 19 heavy (non-hydrogen) atoms. The molecule has 0 unspecified atom stereocenters. The van der Waals surface area contributed by atoms with Gasteiger partial charge in [0.1, 0.15) is 22.9 Å². The van der Waals surface area contributed by atoms with Gasteiger partial charge < -0.3 is 5.32 Å². The van der Waals surface area contributed by atoms with Gasteiger partial charge in [0.25, 0.3) is 0 Å². The van der Waals surface area contributed by atoms with Gasteiger partial charge in [-0.2, -0.15) is 0 Å². The van der Waals surface area contributed by atoms with Crippen LogP contribution in [-0.2, 0) is 0 Å². The van der Waals surface area contributed by atoms with E-state index in [-0.39, 0.29) is 0 Å². The molecule has 0 radical (unpaired) electrons. The van der Waals surface area contributed by atoms with E-state index in [0.29, 0.717) is 0 Å². The van der Waals surface area contributed by atoms with Crippen molar-refractivity contribution in [2.24, 2.45) is 0 Å². The summed E-state index contributed by atoms with van der Waals surface area (Å²) in [6.07, 6.45) is 3.32. The van der Waals surface area contributed by atoms with Crippen LogP contribution in [0, 0.1) is 0 Å². The molecule has 0 atom stereocenters. The van der Waals surface area contributed by atoms with Gasteiger partial charge in [-0.1, -0.05) is 12.1 Å². The largest absolute Gasteiger partial charge is 0.369 e. The number of halogens is 1. The van der Waals surface area contributed by atoms with Crippen LogP contribution < -0.4 is 5.32 Å². The number of rotatable bonds is 3. The van der Waals surface area contributed by atoms with Gasteiger partial charge in [-0.3, -0.25) is 4.57 Å². The van der Waals surface area contributed by atoms with Gasteiger partial charge in [0.2, 0.25) is 0 Å². The fourth-order valence-electron chi connectivity index (χ4n) is 1.95. The first-order chi connectivity index (χ1) is 9.31. The average molecular weight is 318 g/mol. The maximum atomic E-state index is 4.37. The molecule has 6 heteroatoms. The summed E-state index contributed by atoms with van der Waals surface area (Å²) in [6, 6.07) is 7.95. The molecule has 0 amide bonds. The van der Waals surface area contributed by atoms with Gasteiger partial charge in [-0.25, -0.2) is 15.0 Å². The summed E-state index contributed by atoms with van der Waals surface area (Å²) in [5, 5.41) is 3.19. The lowest BCUT2D eigenvalue weighted by Gasteiger charge is -2.09. The summed E-state index contributed by atoms with van der Waals surface area (Å²) in [4.78, 5) is 12.9. The third-order valence-electron chi connectivity index (χ3n) is 2.80. The Hall–Kier alpha value is -1.95. The molecular weight excluding hydrogens is 306 g/mol. The SMILES string of the molecule is CCNc1ncnc(-n2cnc3ccccc32)c1Br. The standard InChI is InChI=1S/C13H12BrN5/c1-2-15-12-11(14)13(17-7-16-12)19-8-18-9-5-3-4-6-10(9)19/h3-8H,2H2,1H3,(H,15,16,17). The Morgan fingerprint density at radius 2 is 2.05 bits per heavy atom. The molecule has 2 heterocycles. The first kappa shape index (κ1) is 12.1. The molecule has 0 fully saturated rings. The van der Waals surface area contributed by atoms with Gasteiger partial charge in [-0.05, 0) is 35.0 Å². The van der Waals surface area contributed by atoms with Crippen LogP contribution in [0.1, 0.15) is 6.92 Å². The van der Waals surface area contributed by atoms with Crippen molar-refractivity contribution in [1.29, 1.82) is 0 Å². The minimum absolute atomic E-state index is 0.777. The molecule has 0 saturated heterocycles. The molecule has 1 aromatic carbocycles. The Bertz CT molecular complexity index is 722. The maximum Gasteiger partial charge on any atom is 0.158 e. The second kappa shape index (κ2) is 4.97. The summed E-state index contributed by atoms with van der Waals surface area (Å²) in [6.45, 7) is 2.83. The molecule has 3 aromatic rings. The van der Waals surface area contributed by atoms with Crippen LogP contribution in [0.3, 0.4) is 0 Å². The van der Waals surface area contributed by atoms with E-state index in [9.17, 15) is 0 Å². The highest BCUT2D eigenvalue weighted by atomic mass is 79.9. The monoisotopic (exact) mass is 317 g/mol. The van der Waals surface area contributed by atoms with Gasteiger partial charge in [0.15, 0.2) is 5.82 Å². The summed E-state index contributed by atoms with van der Waals surface area (Å²) in [5.74, 6) is 1.56. The Kier molecular flexibility index (Phi) is 3.16. The number of hydrogen-bond donors (Lipinski definition) is 1. The quantitative estimate of drug-likeness (QED) is 0.806. The molecule has 0 aliphatic rings. The van der Waals surface area contributed by atoms with E-state index >= 15 is 0 Å². The summed E-state index contributed by atoms with van der Waals surface area (Å²) < 4.78 is 2.78. The molecule has 5 nitrogen and oxygen atoms in total. The molecule has 0 bridgehead atoms. The number of benzene rings is 1. The maximum absolute atomic E-state index is 4.37. The summed E-state index contributed by atoms with van der Waals surface area (Å²) >= 11 is 3.55. The Balaban J connectivity index is 2.19. The number of fused-ring (bicyclic) bond motifs is 1. The molecule has 96 valence electrons. The third-order valence-corrected chi connectivity index (χ3v) is 3.53. The van der Waals surface area contributed by atoms with Crippen LogP contribution in [0.5, 0.6) is 0 Å². The molecule has 0 aliphatic carbocycles. The van der Waals surface area contributed by atoms with Crippen molar-refractivity contribution in [2.75, 3.05) is 11.9 Å². The van der Waals surface area contributed by atoms with E-state index in [1.54, 1.807) is 12.7 Å². The Labute approximate surface area is 118 Å². The number of hydrogen-bond acceptors (Lipinski definition) is 4. The van der Waals surface area contributed by atoms with E-state index < -0.39 is 0 Å². The van der Waals surface area contributed by atoms with Crippen LogP contribution in [0.4, 0.5) is 5.82 Å². The number of nitrogens with one attached hydrogen (secondary N) is 1. The highest BCUT2D eigenvalue weighted by Crippen LogP contribution is 2.27. The topological polar surface area (TPSA) is 55.6 Å². The Morgan fingerprint density at radius 1 is 1.21 bits per heavy atom. The molecular formula is C13H12BrN5. The zero-order chi connectivity index (χ0) is 13.2. The first-order valence-corrected chi connectivity index (χ1v) is 6.77. The minimum Gasteiger partial charge on any atom is -0.369 e. The lowest BCUT2D eigenvalue weighted by Crippen LogP contribution is -2.05. The molecule has 1 N–H and O–H groups in total. The summed E-state index contributed by atoms with van der Waals surface area (Å²) in [7, 11) is 0. The van der Waals surface area contributed by atoms with Crippen molar-refractivity contribution in [1.82, 2.24) is 19.5 Å². The lowest BCUT2D eigenvalue weighted by molar-refractivity contribution is 0.978. The van der Waals surface area contributed by atoms with E-state index in [1.807, 2.05) is 35.8 Å². The molecule has 0 saturated carbocycles. The number of para-hydroxylation sites is 2. The van der Waals surface area contributed by atoms with E-state index in [0.717, 1.165) is 33.7 Å². The van der Waals surface area contributed by atoms with E-state index in [2.05, 4.69) is 36.2 Å². The van der Waals surface area contributed by atoms with Crippen molar-refractivity contribution >= 4 is 32.8 Å². The number of aromatic nitrogens is 4. The van der Waals surface area contributed by atoms with Crippen LogP contribution in [0.15, 0.2) is 41.4 Å². The second-order valence-electron chi connectivity index (χ2n) is 3.99. The van der Waals surface area contributed by atoms with Crippen LogP contribution in [0.25, 0.3) is 16.9 Å². The van der Waals surface area contributed by atoms with Crippen molar-refractivity contribution in [3.8, 4) is 5.82 Å². The predicted octanol–water partition coefficient (Wildman–Crippen LogP) is 3.01. The zero-order valence-electron chi connectivity index (χ0n) is 10.3. The van der Waals surface area contributed by atoms with Crippen LogP contribution in [0.2, 0.25) is 0 Å². The first-order valence-electron chi connectivity index (χ1n) is 5.98. The fraction of sp³-hybridized carbons (Fsp3) is 0.154. The van der Waals surface area contributed by atoms with Gasteiger partial charge in [0.05, 0.1) is 11.0 Å². The van der Waals surface area contributed by atoms with Gasteiger partial charge in [0, 0.05) is 6.54 Å². The molecule has 3 rings (SSSR count). The smallest absolute Gasteiger partial charge is 0.158 e. The van der Waals surface area contributed by atoms with Gasteiger partial charge >= 0.3 is 0 Å². The second-order valence-corrected chi connectivity index (χ2v) is 4.79. The zero-order valence-corrected chi connectivity index (χ0v) is 11.9. The van der Waals surface area contributed by atoms with Gasteiger partial charge in [-0.15, -0.1) is 0 Å². The van der Waals surface area contributed by atoms with Crippen molar-refractivity contribution in [2.45, 2.75) is 6.92 Å².